The van der Waals surface area contributed by atoms with E-state index in [4.69, 9.17) is 18.6 Å². The third-order valence-corrected chi connectivity index (χ3v) is 5.08. The van der Waals surface area contributed by atoms with Crippen LogP contribution < -0.4 is 18.6 Å². The SMILES string of the molecule is C(=C\c1sc(-c2ccccc2)c[s+]1)/c1ccccc1.[O-][Cl+3]([O-])([O-])[O-]. The molecule has 24 heavy (non-hydrogen) atoms. The molecule has 0 aliphatic rings. The standard InChI is InChI=1S/C17H13S2.ClHO4/c1-3-7-14(8-4-1)11-12-17-18-13-16(19-17)15-9-5-2-6-10-15;2-1(3,4)5/h1-13H;(H,2,3,4,5)/q+1;/p-1/b12-11+;. The summed E-state index contributed by atoms with van der Waals surface area (Å²) in [6.07, 6.45) is 4.36. The van der Waals surface area contributed by atoms with Crippen molar-refractivity contribution in [3.63, 3.8) is 0 Å². The van der Waals surface area contributed by atoms with E-state index in [-0.39, 0.29) is 0 Å². The fourth-order valence-corrected chi connectivity index (χ4v) is 3.85. The molecule has 0 saturated heterocycles. The Labute approximate surface area is 150 Å². The number of rotatable bonds is 3. The predicted molar refractivity (Wildman–Crippen MR) is 87.4 cm³/mol. The number of hydrogen-bond donors (Lipinski definition) is 0. The van der Waals surface area contributed by atoms with Gasteiger partial charge < -0.3 is 0 Å². The smallest absolute Gasteiger partial charge is 0.222 e. The maximum Gasteiger partial charge on any atom is 0.278 e. The van der Waals surface area contributed by atoms with Crippen molar-refractivity contribution in [2.45, 2.75) is 0 Å². The minimum atomic E-state index is -4.94. The summed E-state index contributed by atoms with van der Waals surface area (Å²) < 4.78 is 35.3. The number of halogens is 1. The minimum Gasteiger partial charge on any atom is -0.222 e. The summed E-state index contributed by atoms with van der Waals surface area (Å²) in [7, 11) is -4.94. The van der Waals surface area contributed by atoms with Gasteiger partial charge in [0.15, 0.2) is 4.88 Å². The maximum atomic E-state index is 8.49. The van der Waals surface area contributed by atoms with Gasteiger partial charge in [-0.2, -0.15) is 0 Å². The number of benzene rings is 2. The van der Waals surface area contributed by atoms with Gasteiger partial charge in [0.25, 0.3) is 4.19 Å². The second-order valence-corrected chi connectivity index (χ2v) is 7.52. The van der Waals surface area contributed by atoms with Crippen LogP contribution in [-0.2, 0) is 0 Å². The molecule has 4 nitrogen and oxygen atoms in total. The van der Waals surface area contributed by atoms with Crippen molar-refractivity contribution >= 4 is 34.8 Å². The van der Waals surface area contributed by atoms with Gasteiger partial charge in [-0.1, -0.05) is 60.7 Å². The highest BCUT2D eigenvalue weighted by Gasteiger charge is 2.12. The van der Waals surface area contributed by atoms with E-state index in [2.05, 4.69) is 72.1 Å². The van der Waals surface area contributed by atoms with Crippen LogP contribution in [0.15, 0.2) is 66.0 Å². The van der Waals surface area contributed by atoms with Gasteiger partial charge >= 0.3 is 0 Å². The predicted octanol–water partition coefficient (Wildman–Crippen LogP) is 1.17. The molecule has 2 aromatic carbocycles. The third-order valence-electron chi connectivity index (χ3n) is 2.76. The van der Waals surface area contributed by atoms with Crippen molar-refractivity contribution in [2.75, 3.05) is 0 Å². The molecule has 0 radical (unpaired) electrons. The van der Waals surface area contributed by atoms with Crippen LogP contribution in [0.5, 0.6) is 0 Å². The summed E-state index contributed by atoms with van der Waals surface area (Å²) in [5.74, 6) is 0. The summed E-state index contributed by atoms with van der Waals surface area (Å²) in [6, 6.07) is 20.9. The highest BCUT2D eigenvalue weighted by Crippen LogP contribution is 2.32. The average molecular weight is 381 g/mol. The van der Waals surface area contributed by atoms with Gasteiger partial charge in [0, 0.05) is 11.6 Å². The lowest BCUT2D eigenvalue weighted by Gasteiger charge is -2.17. The lowest BCUT2D eigenvalue weighted by molar-refractivity contribution is -2.00. The third kappa shape index (κ3) is 7.29. The molecule has 0 spiro atoms. The van der Waals surface area contributed by atoms with E-state index in [1.165, 1.54) is 20.2 Å². The molecule has 3 rings (SSSR count). The van der Waals surface area contributed by atoms with Gasteiger partial charge in [-0.05, 0) is 11.6 Å². The van der Waals surface area contributed by atoms with Crippen LogP contribution in [0.4, 0.5) is 0 Å². The molecular weight excluding hydrogens is 368 g/mol. The molecule has 0 atom stereocenters. The Hall–Kier alpha value is -1.64. The highest BCUT2D eigenvalue weighted by atomic mass is 35.7. The molecule has 0 N–H and O–H groups in total. The zero-order valence-electron chi connectivity index (χ0n) is 12.3. The Morgan fingerprint density at radius 2 is 1.33 bits per heavy atom. The summed E-state index contributed by atoms with van der Waals surface area (Å²) in [4.78, 5) is 1.33. The summed E-state index contributed by atoms with van der Waals surface area (Å²) >= 11 is 3.63. The summed E-state index contributed by atoms with van der Waals surface area (Å²) in [5, 5.41) is 2.23. The second kappa shape index (κ2) is 9.00. The average Bonchev–Trinajstić information content (AvgIpc) is 3.02. The highest BCUT2D eigenvalue weighted by molar-refractivity contribution is 7.33. The molecule has 0 unspecified atom stereocenters. The minimum absolute atomic E-state index is 1.24. The topological polar surface area (TPSA) is 92.2 Å². The van der Waals surface area contributed by atoms with Crippen LogP contribution >= 0.6 is 22.7 Å². The molecule has 0 saturated carbocycles. The van der Waals surface area contributed by atoms with Crippen LogP contribution in [0.2, 0.25) is 0 Å². The second-order valence-electron chi connectivity index (χ2n) is 4.51. The Balaban J connectivity index is 0.000000368. The molecule has 0 fully saturated rings. The van der Waals surface area contributed by atoms with Gasteiger partial charge in [-0.15, -0.1) is 10.2 Å². The molecule has 0 bridgehead atoms. The van der Waals surface area contributed by atoms with E-state index < -0.39 is 10.2 Å². The van der Waals surface area contributed by atoms with Crippen LogP contribution in [0, 0.1) is 10.2 Å². The quantitative estimate of drug-likeness (QED) is 0.637. The molecule has 124 valence electrons. The van der Waals surface area contributed by atoms with Crippen molar-refractivity contribution < 1.29 is 28.9 Å². The van der Waals surface area contributed by atoms with Gasteiger partial charge in [0.05, 0.1) is 22.7 Å². The zero-order valence-corrected chi connectivity index (χ0v) is 14.7. The van der Waals surface area contributed by atoms with Crippen molar-refractivity contribution in [2.24, 2.45) is 0 Å². The first-order chi connectivity index (χ1) is 11.4. The molecule has 7 heteroatoms. The molecule has 0 aliphatic heterocycles. The molecule has 1 heterocycles. The first-order valence-corrected chi connectivity index (χ1v) is 9.67. The first-order valence-electron chi connectivity index (χ1n) is 6.74. The van der Waals surface area contributed by atoms with Crippen LogP contribution in [0.25, 0.3) is 22.6 Å². The normalized spacial score (nSPS) is 11.2. The lowest BCUT2D eigenvalue weighted by atomic mass is 10.2. The van der Waals surface area contributed by atoms with Crippen LogP contribution in [0.1, 0.15) is 9.75 Å². The number of hydrogen-bond acceptors (Lipinski definition) is 5. The van der Waals surface area contributed by atoms with E-state index >= 15 is 0 Å². The van der Waals surface area contributed by atoms with E-state index in [0.717, 1.165) is 0 Å². The van der Waals surface area contributed by atoms with Gasteiger partial charge in [0.2, 0.25) is 0 Å². The maximum absolute atomic E-state index is 8.49. The molecular formula is C17H13ClO4S2. The fourth-order valence-electron chi connectivity index (χ4n) is 1.80. The van der Waals surface area contributed by atoms with Crippen molar-refractivity contribution in [3.8, 4) is 10.4 Å². The monoisotopic (exact) mass is 380 g/mol. The molecule has 0 aliphatic carbocycles. The van der Waals surface area contributed by atoms with Gasteiger partial charge in [-0.3, -0.25) is 0 Å². The Kier molecular flexibility index (Phi) is 7.01. The first kappa shape index (κ1) is 18.7. The van der Waals surface area contributed by atoms with Gasteiger partial charge in [-0.25, -0.2) is 18.6 Å². The van der Waals surface area contributed by atoms with Crippen LogP contribution in [-0.4, -0.2) is 0 Å². The van der Waals surface area contributed by atoms with E-state index in [9.17, 15) is 0 Å². The summed E-state index contributed by atoms with van der Waals surface area (Å²) in [5.41, 5.74) is 2.53. The van der Waals surface area contributed by atoms with Crippen molar-refractivity contribution in [1.82, 2.24) is 0 Å². The van der Waals surface area contributed by atoms with Gasteiger partial charge in [0.1, 0.15) is 5.38 Å². The van der Waals surface area contributed by atoms with Crippen molar-refractivity contribution in [1.29, 1.82) is 0 Å². The fraction of sp³-hybridized carbons (Fsp3) is 0. The van der Waals surface area contributed by atoms with Crippen LogP contribution in [0.3, 0.4) is 0 Å². The lowest BCUT2D eigenvalue weighted by Crippen LogP contribution is -2.68. The summed E-state index contributed by atoms with van der Waals surface area (Å²) in [6.45, 7) is 0. The van der Waals surface area contributed by atoms with E-state index in [1.54, 1.807) is 11.3 Å². The van der Waals surface area contributed by atoms with E-state index in [1.807, 2.05) is 17.4 Å². The Morgan fingerprint density at radius 3 is 1.92 bits per heavy atom. The van der Waals surface area contributed by atoms with E-state index in [0.29, 0.717) is 0 Å². The Bertz CT molecular complexity index is 762. The molecule has 0 amide bonds. The zero-order chi connectivity index (χ0) is 17.4. The largest absolute Gasteiger partial charge is 0.278 e. The molecule has 1 aromatic heterocycles. The molecule has 3 aromatic rings. The van der Waals surface area contributed by atoms with Crippen molar-refractivity contribution in [3.05, 3.63) is 75.8 Å². The Morgan fingerprint density at radius 1 is 0.792 bits per heavy atom.